The van der Waals surface area contributed by atoms with Gasteiger partial charge >= 0.3 is 0 Å². The van der Waals surface area contributed by atoms with Gasteiger partial charge in [-0.2, -0.15) is 0 Å². The Morgan fingerprint density at radius 2 is 2.19 bits per heavy atom. The first-order chi connectivity index (χ1) is 7.69. The first-order valence-corrected chi connectivity index (χ1v) is 5.78. The van der Waals surface area contributed by atoms with E-state index in [-0.39, 0.29) is 11.8 Å². The fourth-order valence-corrected chi connectivity index (χ4v) is 1.76. The Hall–Kier alpha value is -1.29. The van der Waals surface area contributed by atoms with E-state index >= 15 is 0 Å². The van der Waals surface area contributed by atoms with Crippen molar-refractivity contribution in [1.29, 1.82) is 0 Å². The average molecular weight is 224 g/mol. The van der Waals surface area contributed by atoms with Gasteiger partial charge in [0.25, 0.3) is 5.91 Å². The molecule has 4 nitrogen and oxygen atoms in total. The summed E-state index contributed by atoms with van der Waals surface area (Å²) in [5, 5.41) is 12.5. The number of hydrogen-bond donors (Lipinski definition) is 3. The number of carbonyl (C=O) groups is 1. The van der Waals surface area contributed by atoms with Crippen molar-refractivity contribution in [3.05, 3.63) is 24.0 Å². The summed E-state index contributed by atoms with van der Waals surface area (Å²) in [4.78, 5) is 14.4. The molecule has 0 aliphatic carbocycles. The number of carbonyl (C=O) groups excluding carboxylic acids is 1. The monoisotopic (exact) mass is 224 g/mol. The summed E-state index contributed by atoms with van der Waals surface area (Å²) in [6.07, 6.45) is 3.09. The highest BCUT2D eigenvalue weighted by Crippen LogP contribution is 2.12. The quantitative estimate of drug-likeness (QED) is 0.686. The second kappa shape index (κ2) is 6.33. The number of aliphatic hydroxyl groups is 1. The molecule has 90 valence electrons. The molecule has 0 saturated carbocycles. The van der Waals surface area contributed by atoms with Crippen molar-refractivity contribution in [3.8, 4) is 0 Å². The third-order valence-corrected chi connectivity index (χ3v) is 2.91. The fraction of sp³-hybridized carbons (Fsp3) is 0.583. The van der Waals surface area contributed by atoms with E-state index in [0.717, 1.165) is 12.8 Å². The standard InChI is InChI=1S/C12H20N2O2/c1-3-9(4-2)11(15)8-14-12(16)10-6-5-7-13-10/h5-7,9,11,13,15H,3-4,8H2,1-2H3,(H,14,16). The van der Waals surface area contributed by atoms with Gasteiger partial charge in [0, 0.05) is 12.7 Å². The van der Waals surface area contributed by atoms with Gasteiger partial charge in [-0.15, -0.1) is 0 Å². The van der Waals surface area contributed by atoms with Crippen LogP contribution in [0.2, 0.25) is 0 Å². The van der Waals surface area contributed by atoms with E-state index in [1.807, 2.05) is 13.8 Å². The normalized spacial score (nSPS) is 12.8. The Kier molecular flexibility index (Phi) is 5.05. The van der Waals surface area contributed by atoms with Crippen molar-refractivity contribution >= 4 is 5.91 Å². The van der Waals surface area contributed by atoms with Crippen LogP contribution in [0.25, 0.3) is 0 Å². The number of H-pyrrole nitrogens is 1. The molecule has 1 aromatic heterocycles. The summed E-state index contributed by atoms with van der Waals surface area (Å²) < 4.78 is 0. The molecule has 0 spiro atoms. The molecule has 0 radical (unpaired) electrons. The van der Waals surface area contributed by atoms with Crippen LogP contribution in [0.4, 0.5) is 0 Å². The van der Waals surface area contributed by atoms with E-state index in [1.54, 1.807) is 18.3 Å². The molecular formula is C12H20N2O2. The average Bonchev–Trinajstić information content (AvgIpc) is 2.81. The molecule has 16 heavy (non-hydrogen) atoms. The number of nitrogens with one attached hydrogen (secondary N) is 2. The molecule has 1 aromatic rings. The molecule has 0 aliphatic rings. The van der Waals surface area contributed by atoms with Crippen molar-refractivity contribution in [2.75, 3.05) is 6.54 Å². The van der Waals surface area contributed by atoms with E-state index in [0.29, 0.717) is 12.2 Å². The van der Waals surface area contributed by atoms with E-state index in [1.165, 1.54) is 0 Å². The van der Waals surface area contributed by atoms with Gasteiger partial charge in [0.05, 0.1) is 6.10 Å². The summed E-state index contributed by atoms with van der Waals surface area (Å²) in [6, 6.07) is 3.48. The van der Waals surface area contributed by atoms with Crippen molar-refractivity contribution < 1.29 is 9.90 Å². The zero-order valence-electron chi connectivity index (χ0n) is 9.86. The second-order valence-corrected chi connectivity index (χ2v) is 3.94. The van der Waals surface area contributed by atoms with E-state index in [4.69, 9.17) is 0 Å². The Labute approximate surface area is 96.1 Å². The van der Waals surface area contributed by atoms with Gasteiger partial charge in [0.1, 0.15) is 5.69 Å². The van der Waals surface area contributed by atoms with Crippen LogP contribution in [0.15, 0.2) is 18.3 Å². The fourth-order valence-electron chi connectivity index (χ4n) is 1.76. The maximum atomic E-state index is 11.6. The van der Waals surface area contributed by atoms with Crippen LogP contribution in [0.3, 0.4) is 0 Å². The Morgan fingerprint density at radius 3 is 2.69 bits per heavy atom. The summed E-state index contributed by atoms with van der Waals surface area (Å²) >= 11 is 0. The van der Waals surface area contributed by atoms with E-state index < -0.39 is 6.10 Å². The van der Waals surface area contributed by atoms with Gasteiger partial charge in [0.2, 0.25) is 0 Å². The minimum absolute atomic E-state index is 0.171. The van der Waals surface area contributed by atoms with Gasteiger partial charge in [-0.1, -0.05) is 26.7 Å². The second-order valence-electron chi connectivity index (χ2n) is 3.94. The number of aromatic amines is 1. The molecule has 0 aromatic carbocycles. The van der Waals surface area contributed by atoms with Crippen LogP contribution in [-0.2, 0) is 0 Å². The molecule has 3 N–H and O–H groups in total. The molecule has 0 fully saturated rings. The number of hydrogen-bond acceptors (Lipinski definition) is 2. The van der Waals surface area contributed by atoms with E-state index in [9.17, 15) is 9.90 Å². The third-order valence-electron chi connectivity index (χ3n) is 2.91. The molecule has 1 unspecified atom stereocenters. The highest BCUT2D eigenvalue weighted by molar-refractivity contribution is 5.92. The zero-order valence-corrected chi connectivity index (χ0v) is 9.86. The minimum Gasteiger partial charge on any atom is -0.391 e. The van der Waals surface area contributed by atoms with Crippen LogP contribution < -0.4 is 5.32 Å². The van der Waals surface area contributed by atoms with Crippen molar-refractivity contribution in [2.45, 2.75) is 32.8 Å². The summed E-state index contributed by atoms with van der Waals surface area (Å²) in [5.41, 5.74) is 0.525. The van der Waals surface area contributed by atoms with Gasteiger partial charge < -0.3 is 15.4 Å². The first kappa shape index (κ1) is 12.8. The zero-order chi connectivity index (χ0) is 12.0. The van der Waals surface area contributed by atoms with Crippen LogP contribution in [0.1, 0.15) is 37.2 Å². The number of aromatic nitrogens is 1. The molecule has 0 bridgehead atoms. The topological polar surface area (TPSA) is 65.1 Å². The van der Waals surface area contributed by atoms with Gasteiger partial charge in [0.15, 0.2) is 0 Å². The van der Waals surface area contributed by atoms with Crippen LogP contribution in [-0.4, -0.2) is 28.6 Å². The van der Waals surface area contributed by atoms with Crippen LogP contribution in [0, 0.1) is 5.92 Å². The van der Waals surface area contributed by atoms with Crippen LogP contribution >= 0.6 is 0 Å². The molecule has 0 saturated heterocycles. The van der Waals surface area contributed by atoms with Crippen molar-refractivity contribution in [2.24, 2.45) is 5.92 Å². The number of rotatable bonds is 6. The molecule has 1 atom stereocenters. The molecule has 1 amide bonds. The lowest BCUT2D eigenvalue weighted by Crippen LogP contribution is -2.36. The van der Waals surface area contributed by atoms with Gasteiger partial charge in [-0.25, -0.2) is 0 Å². The maximum Gasteiger partial charge on any atom is 0.267 e. The molecule has 0 aliphatic heterocycles. The summed E-state index contributed by atoms with van der Waals surface area (Å²) in [6.45, 7) is 4.40. The lowest BCUT2D eigenvalue weighted by molar-refractivity contribution is 0.0813. The number of amides is 1. The summed E-state index contributed by atoms with van der Waals surface area (Å²) in [5.74, 6) is 0.0824. The predicted octanol–water partition coefficient (Wildman–Crippen LogP) is 1.54. The van der Waals surface area contributed by atoms with Crippen molar-refractivity contribution in [3.63, 3.8) is 0 Å². The smallest absolute Gasteiger partial charge is 0.267 e. The third kappa shape index (κ3) is 3.38. The SMILES string of the molecule is CCC(CC)C(O)CNC(=O)c1ccc[nH]1. The van der Waals surface area contributed by atoms with Crippen molar-refractivity contribution in [1.82, 2.24) is 10.3 Å². The lowest BCUT2D eigenvalue weighted by atomic mass is 9.96. The minimum atomic E-state index is -0.464. The van der Waals surface area contributed by atoms with Gasteiger partial charge in [-0.3, -0.25) is 4.79 Å². The molecule has 1 heterocycles. The highest BCUT2D eigenvalue weighted by atomic mass is 16.3. The van der Waals surface area contributed by atoms with Gasteiger partial charge in [-0.05, 0) is 18.1 Å². The number of aliphatic hydroxyl groups excluding tert-OH is 1. The molecule has 1 rings (SSSR count). The Balaban J connectivity index is 2.37. The molecule has 4 heteroatoms. The van der Waals surface area contributed by atoms with Crippen LogP contribution in [0.5, 0.6) is 0 Å². The molecular weight excluding hydrogens is 204 g/mol. The summed E-state index contributed by atoms with van der Waals surface area (Å²) in [7, 11) is 0. The largest absolute Gasteiger partial charge is 0.391 e. The first-order valence-electron chi connectivity index (χ1n) is 5.78. The van der Waals surface area contributed by atoms with E-state index in [2.05, 4.69) is 10.3 Å². The Bertz CT molecular complexity index is 305. The highest BCUT2D eigenvalue weighted by Gasteiger charge is 2.16. The lowest BCUT2D eigenvalue weighted by Gasteiger charge is -2.20. The maximum absolute atomic E-state index is 11.6. The predicted molar refractivity (Wildman–Crippen MR) is 63.2 cm³/mol. The Morgan fingerprint density at radius 1 is 1.50 bits per heavy atom.